The maximum Gasteiger partial charge on any atom is 0.242 e. The van der Waals surface area contributed by atoms with E-state index in [0.29, 0.717) is 13.1 Å². The first-order chi connectivity index (χ1) is 15.0. The van der Waals surface area contributed by atoms with Crippen LogP contribution >= 0.6 is 11.6 Å². The van der Waals surface area contributed by atoms with E-state index in [9.17, 15) is 9.59 Å². The van der Waals surface area contributed by atoms with Gasteiger partial charge in [-0.2, -0.15) is 0 Å². The van der Waals surface area contributed by atoms with Crippen molar-refractivity contribution in [2.24, 2.45) is 0 Å². The van der Waals surface area contributed by atoms with E-state index in [2.05, 4.69) is 17.4 Å². The quantitative estimate of drug-likeness (QED) is 0.599. The average molecular weight is 440 g/mol. The number of hydrogen-bond acceptors (Lipinski definition) is 3. The number of carbonyl (C=O) groups is 2. The maximum absolute atomic E-state index is 13.2. The van der Waals surface area contributed by atoms with Crippen LogP contribution in [0, 0.1) is 6.92 Å². The first-order valence-electron chi connectivity index (χ1n) is 10.3. The molecule has 1 aliphatic rings. The lowest BCUT2D eigenvalue weighted by molar-refractivity contribution is -0.131. The number of hydrogen-bond donors (Lipinski definition) is 1. The van der Waals surface area contributed by atoms with Crippen molar-refractivity contribution in [1.29, 1.82) is 0 Å². The second-order valence-corrected chi connectivity index (χ2v) is 8.18. The van der Waals surface area contributed by atoms with Crippen LogP contribution in [-0.4, -0.2) is 53.4 Å². The molecule has 2 heterocycles. The zero-order valence-electron chi connectivity index (χ0n) is 17.7. The Morgan fingerprint density at radius 1 is 1.13 bits per heavy atom. The Balaban J connectivity index is 1.55. The molecule has 31 heavy (non-hydrogen) atoms. The molecule has 1 fully saturated rings. The van der Waals surface area contributed by atoms with Crippen molar-refractivity contribution >= 4 is 34.3 Å². The molecule has 3 aromatic rings. The van der Waals surface area contributed by atoms with Crippen molar-refractivity contribution in [3.8, 4) is 5.75 Å². The highest BCUT2D eigenvalue weighted by atomic mass is 35.5. The number of alkyl halides is 1. The van der Waals surface area contributed by atoms with Crippen molar-refractivity contribution in [2.45, 2.75) is 25.4 Å². The summed E-state index contributed by atoms with van der Waals surface area (Å²) in [7, 11) is 1.63. The number of para-hydroxylation sites is 1. The van der Waals surface area contributed by atoms with E-state index in [0.717, 1.165) is 27.9 Å². The van der Waals surface area contributed by atoms with Crippen LogP contribution in [-0.2, 0) is 16.1 Å². The second kappa shape index (κ2) is 9.02. The monoisotopic (exact) mass is 439 g/mol. The highest BCUT2D eigenvalue weighted by Gasteiger charge is 2.37. The van der Waals surface area contributed by atoms with Gasteiger partial charge in [0.05, 0.1) is 13.2 Å². The van der Waals surface area contributed by atoms with E-state index >= 15 is 0 Å². The van der Waals surface area contributed by atoms with Gasteiger partial charge in [-0.25, -0.2) is 0 Å². The number of benzene rings is 2. The standard InChI is InChI=1S/C24H26ClN3O3/c1-16-11-18-5-3-4-6-22(18)28(16)15-24(30)27-13-20(21(14-27)26-23(29)12-25)17-7-9-19(31-2)10-8-17/h3-11,20-21H,12-15H2,1-2H3,(H,26,29)/t20-,21+/m0/s1. The van der Waals surface area contributed by atoms with Gasteiger partial charge in [-0.05, 0) is 42.1 Å². The Morgan fingerprint density at radius 3 is 2.58 bits per heavy atom. The molecule has 162 valence electrons. The molecule has 0 bridgehead atoms. The third-order valence-corrected chi connectivity index (χ3v) is 6.24. The highest BCUT2D eigenvalue weighted by Crippen LogP contribution is 2.30. The maximum atomic E-state index is 13.2. The van der Waals surface area contributed by atoms with Crippen LogP contribution in [0.5, 0.6) is 5.75 Å². The van der Waals surface area contributed by atoms with Gasteiger partial charge >= 0.3 is 0 Å². The highest BCUT2D eigenvalue weighted by molar-refractivity contribution is 6.27. The SMILES string of the molecule is COc1ccc([C@@H]2CN(C(=O)Cn3c(C)cc4ccccc43)C[C@H]2NC(=O)CCl)cc1. The molecule has 2 atom stereocenters. The number of aryl methyl sites for hydroxylation is 1. The fourth-order valence-corrected chi connectivity index (χ4v) is 4.46. The molecule has 2 amide bonds. The molecule has 1 aromatic heterocycles. The van der Waals surface area contributed by atoms with Crippen LogP contribution in [0.25, 0.3) is 10.9 Å². The van der Waals surface area contributed by atoms with Gasteiger partial charge in [0.2, 0.25) is 11.8 Å². The molecule has 0 aliphatic carbocycles. The Bertz CT molecular complexity index is 1090. The van der Waals surface area contributed by atoms with Crippen LogP contribution in [0.3, 0.4) is 0 Å². The second-order valence-electron chi connectivity index (χ2n) is 7.92. The number of ether oxygens (including phenoxy) is 1. The first-order valence-corrected chi connectivity index (χ1v) is 10.9. The molecule has 6 nitrogen and oxygen atoms in total. The summed E-state index contributed by atoms with van der Waals surface area (Å²) in [6.45, 7) is 3.28. The van der Waals surface area contributed by atoms with E-state index in [1.807, 2.05) is 58.9 Å². The topological polar surface area (TPSA) is 63.6 Å². The zero-order chi connectivity index (χ0) is 22.0. The Morgan fingerprint density at radius 2 is 1.87 bits per heavy atom. The zero-order valence-corrected chi connectivity index (χ0v) is 18.4. The molecular weight excluding hydrogens is 414 g/mol. The minimum atomic E-state index is -0.230. The Kier molecular flexibility index (Phi) is 6.18. The first kappa shape index (κ1) is 21.2. The van der Waals surface area contributed by atoms with Gasteiger partial charge in [0, 0.05) is 30.2 Å². The molecule has 1 saturated heterocycles. The van der Waals surface area contributed by atoms with Crippen LogP contribution < -0.4 is 10.1 Å². The summed E-state index contributed by atoms with van der Waals surface area (Å²) < 4.78 is 7.30. The van der Waals surface area contributed by atoms with Crippen LogP contribution in [0.1, 0.15) is 17.2 Å². The lowest BCUT2D eigenvalue weighted by Crippen LogP contribution is -2.41. The molecule has 1 N–H and O–H groups in total. The fourth-order valence-electron chi connectivity index (χ4n) is 4.38. The number of fused-ring (bicyclic) bond motifs is 1. The van der Waals surface area contributed by atoms with E-state index in [1.54, 1.807) is 7.11 Å². The lowest BCUT2D eigenvalue weighted by atomic mass is 9.94. The average Bonchev–Trinajstić information content (AvgIpc) is 3.34. The van der Waals surface area contributed by atoms with Crippen LogP contribution in [0.4, 0.5) is 0 Å². The number of amides is 2. The molecule has 0 saturated carbocycles. The Labute approximate surface area is 186 Å². The summed E-state index contributed by atoms with van der Waals surface area (Å²) in [6, 6.07) is 17.7. The van der Waals surface area contributed by atoms with Crippen LogP contribution in [0.15, 0.2) is 54.6 Å². The van der Waals surface area contributed by atoms with Crippen molar-refractivity contribution in [1.82, 2.24) is 14.8 Å². The van der Waals surface area contributed by atoms with Gasteiger partial charge in [-0.15, -0.1) is 11.6 Å². The third kappa shape index (κ3) is 4.39. The summed E-state index contributed by atoms with van der Waals surface area (Å²) in [6.07, 6.45) is 0. The predicted octanol–water partition coefficient (Wildman–Crippen LogP) is 3.31. The predicted molar refractivity (Wildman–Crippen MR) is 122 cm³/mol. The van der Waals surface area contributed by atoms with E-state index in [1.165, 1.54) is 0 Å². The fraction of sp³-hybridized carbons (Fsp3) is 0.333. The van der Waals surface area contributed by atoms with Gasteiger partial charge in [0.1, 0.15) is 18.2 Å². The number of nitrogens with zero attached hydrogens (tertiary/aromatic N) is 2. The van der Waals surface area contributed by atoms with Gasteiger partial charge in [-0.3, -0.25) is 9.59 Å². The molecular formula is C24H26ClN3O3. The van der Waals surface area contributed by atoms with Gasteiger partial charge < -0.3 is 19.5 Å². The van der Waals surface area contributed by atoms with Crippen molar-refractivity contribution in [3.63, 3.8) is 0 Å². The van der Waals surface area contributed by atoms with E-state index < -0.39 is 0 Å². The molecule has 0 spiro atoms. The number of likely N-dealkylation sites (tertiary alicyclic amines) is 1. The summed E-state index contributed by atoms with van der Waals surface area (Å²) in [5.41, 5.74) is 3.15. The Hall–Kier alpha value is -2.99. The minimum absolute atomic E-state index is 0.00970. The molecule has 0 radical (unpaired) electrons. The van der Waals surface area contributed by atoms with Gasteiger partial charge in [-0.1, -0.05) is 30.3 Å². The van der Waals surface area contributed by atoms with Gasteiger partial charge in [0.15, 0.2) is 0 Å². The molecule has 7 heteroatoms. The normalized spacial score (nSPS) is 18.4. The van der Waals surface area contributed by atoms with Gasteiger partial charge in [0.25, 0.3) is 0 Å². The number of rotatable bonds is 6. The number of methoxy groups -OCH3 is 1. The molecule has 0 unspecified atom stereocenters. The molecule has 4 rings (SSSR count). The van der Waals surface area contributed by atoms with Crippen LogP contribution in [0.2, 0.25) is 0 Å². The van der Waals surface area contributed by atoms with Crippen molar-refractivity contribution < 1.29 is 14.3 Å². The smallest absolute Gasteiger partial charge is 0.242 e. The van der Waals surface area contributed by atoms with E-state index in [4.69, 9.17) is 16.3 Å². The van der Waals surface area contributed by atoms with E-state index in [-0.39, 0.29) is 36.2 Å². The number of aromatic nitrogens is 1. The number of nitrogens with one attached hydrogen (secondary N) is 1. The summed E-state index contributed by atoms with van der Waals surface area (Å²) >= 11 is 5.72. The summed E-state index contributed by atoms with van der Waals surface area (Å²) in [5, 5.41) is 4.11. The van der Waals surface area contributed by atoms with Crippen molar-refractivity contribution in [3.05, 3.63) is 65.9 Å². The largest absolute Gasteiger partial charge is 0.497 e. The van der Waals surface area contributed by atoms with Crippen molar-refractivity contribution in [2.75, 3.05) is 26.1 Å². The third-order valence-electron chi connectivity index (χ3n) is 6.00. The molecule has 2 aromatic carbocycles. The summed E-state index contributed by atoms with van der Waals surface area (Å²) in [5.74, 6) is 0.460. The summed E-state index contributed by atoms with van der Waals surface area (Å²) in [4.78, 5) is 27.1. The lowest BCUT2D eigenvalue weighted by Gasteiger charge is -2.19. The number of carbonyl (C=O) groups excluding carboxylic acids is 2. The number of halogens is 1. The molecule has 1 aliphatic heterocycles. The minimum Gasteiger partial charge on any atom is -0.497 e.